The highest BCUT2D eigenvalue weighted by Gasteiger charge is 2.27. The Balaban J connectivity index is 1.77. The van der Waals surface area contributed by atoms with Crippen molar-refractivity contribution in [3.05, 3.63) is 0 Å². The van der Waals surface area contributed by atoms with E-state index in [-0.39, 0.29) is 12.0 Å². The average Bonchev–Trinajstić information content (AvgIpc) is 2.40. The fourth-order valence-corrected chi connectivity index (χ4v) is 3.00. The summed E-state index contributed by atoms with van der Waals surface area (Å²) in [7, 11) is 1.94. The molecule has 1 unspecified atom stereocenters. The molecule has 1 saturated carbocycles. The third-order valence-corrected chi connectivity index (χ3v) is 4.36. The van der Waals surface area contributed by atoms with Gasteiger partial charge in [-0.1, -0.05) is 0 Å². The Hall–Kier alpha value is -0.610. The van der Waals surface area contributed by atoms with Gasteiger partial charge in [0, 0.05) is 25.7 Å². The van der Waals surface area contributed by atoms with E-state index in [9.17, 15) is 4.79 Å². The van der Waals surface area contributed by atoms with Crippen molar-refractivity contribution < 1.29 is 9.53 Å². The maximum atomic E-state index is 12.2. The van der Waals surface area contributed by atoms with E-state index in [1.807, 2.05) is 11.9 Å². The van der Waals surface area contributed by atoms with Crippen molar-refractivity contribution in [3.63, 3.8) is 0 Å². The standard InChI is InChI=1S/C14H26N2O2/c1-16(12-7-5-11(15)6-8-12)14(17)10-13-4-2-3-9-18-13/h11-13H,2-10,15H2,1H3. The van der Waals surface area contributed by atoms with Gasteiger partial charge in [-0.2, -0.15) is 0 Å². The number of hydrogen-bond donors (Lipinski definition) is 1. The second kappa shape index (κ2) is 6.53. The Bertz CT molecular complexity index is 269. The molecule has 104 valence electrons. The van der Waals surface area contributed by atoms with Crippen LogP contribution in [-0.2, 0) is 9.53 Å². The van der Waals surface area contributed by atoms with Gasteiger partial charge in [-0.3, -0.25) is 4.79 Å². The van der Waals surface area contributed by atoms with Gasteiger partial charge in [0.1, 0.15) is 0 Å². The number of carbonyl (C=O) groups excluding carboxylic acids is 1. The number of carbonyl (C=O) groups is 1. The van der Waals surface area contributed by atoms with Crippen LogP contribution in [0.5, 0.6) is 0 Å². The highest BCUT2D eigenvalue weighted by molar-refractivity contribution is 5.76. The van der Waals surface area contributed by atoms with E-state index in [0.717, 1.165) is 45.1 Å². The molecule has 18 heavy (non-hydrogen) atoms. The number of amides is 1. The van der Waals surface area contributed by atoms with Gasteiger partial charge in [0.05, 0.1) is 12.5 Å². The number of nitrogens with zero attached hydrogens (tertiary/aromatic N) is 1. The zero-order valence-corrected chi connectivity index (χ0v) is 11.4. The number of ether oxygens (including phenoxy) is 1. The SMILES string of the molecule is CN(C(=O)CC1CCCCO1)C1CCC(N)CC1. The van der Waals surface area contributed by atoms with Crippen LogP contribution in [0.2, 0.25) is 0 Å². The molecule has 0 aromatic carbocycles. The normalized spacial score (nSPS) is 33.1. The number of hydrogen-bond acceptors (Lipinski definition) is 3. The van der Waals surface area contributed by atoms with Crippen molar-refractivity contribution in [2.45, 2.75) is 69.6 Å². The van der Waals surface area contributed by atoms with Gasteiger partial charge in [0.25, 0.3) is 0 Å². The molecule has 4 nitrogen and oxygen atoms in total. The second-order valence-corrected chi connectivity index (χ2v) is 5.77. The van der Waals surface area contributed by atoms with Gasteiger partial charge in [-0.15, -0.1) is 0 Å². The molecule has 2 aliphatic rings. The summed E-state index contributed by atoms with van der Waals surface area (Å²) in [5.74, 6) is 0.238. The summed E-state index contributed by atoms with van der Waals surface area (Å²) < 4.78 is 5.64. The summed E-state index contributed by atoms with van der Waals surface area (Å²) in [6, 6.07) is 0.729. The first-order valence-corrected chi connectivity index (χ1v) is 7.29. The van der Waals surface area contributed by atoms with E-state index in [1.165, 1.54) is 6.42 Å². The van der Waals surface area contributed by atoms with Crippen LogP contribution in [0.25, 0.3) is 0 Å². The van der Waals surface area contributed by atoms with Crippen LogP contribution in [0.1, 0.15) is 51.4 Å². The lowest BCUT2D eigenvalue weighted by atomic mass is 9.90. The molecule has 1 heterocycles. The molecule has 0 bridgehead atoms. The molecule has 1 saturated heterocycles. The number of nitrogens with two attached hydrogens (primary N) is 1. The summed E-state index contributed by atoms with van der Waals surface area (Å²) >= 11 is 0. The zero-order chi connectivity index (χ0) is 13.0. The first-order valence-electron chi connectivity index (χ1n) is 7.29. The molecular formula is C14H26N2O2. The summed E-state index contributed by atoms with van der Waals surface area (Å²) in [4.78, 5) is 14.1. The average molecular weight is 254 g/mol. The van der Waals surface area contributed by atoms with Crippen molar-refractivity contribution in [1.82, 2.24) is 4.90 Å². The molecule has 0 radical (unpaired) electrons. The van der Waals surface area contributed by atoms with Crippen molar-refractivity contribution in [1.29, 1.82) is 0 Å². The summed E-state index contributed by atoms with van der Waals surface area (Å²) in [6.45, 7) is 0.819. The highest BCUT2D eigenvalue weighted by Crippen LogP contribution is 2.23. The molecular weight excluding hydrogens is 228 g/mol. The fraction of sp³-hybridized carbons (Fsp3) is 0.929. The predicted octanol–water partition coefficient (Wildman–Crippen LogP) is 1.67. The Kier molecular flexibility index (Phi) is 5.01. The Morgan fingerprint density at radius 2 is 1.94 bits per heavy atom. The second-order valence-electron chi connectivity index (χ2n) is 5.77. The molecule has 0 aromatic heterocycles. The molecule has 1 atom stereocenters. The third-order valence-electron chi connectivity index (χ3n) is 4.36. The van der Waals surface area contributed by atoms with E-state index in [1.54, 1.807) is 0 Å². The van der Waals surface area contributed by atoms with E-state index in [2.05, 4.69) is 0 Å². The molecule has 2 N–H and O–H groups in total. The molecule has 0 aromatic rings. The minimum absolute atomic E-state index is 0.152. The minimum Gasteiger partial charge on any atom is -0.378 e. The van der Waals surface area contributed by atoms with E-state index >= 15 is 0 Å². The number of rotatable bonds is 3. The molecule has 4 heteroatoms. The van der Waals surface area contributed by atoms with Crippen molar-refractivity contribution in [3.8, 4) is 0 Å². The molecule has 1 aliphatic heterocycles. The smallest absolute Gasteiger partial charge is 0.225 e. The molecule has 0 spiro atoms. The Morgan fingerprint density at radius 3 is 2.56 bits per heavy atom. The van der Waals surface area contributed by atoms with Gasteiger partial charge in [0.2, 0.25) is 5.91 Å². The van der Waals surface area contributed by atoms with Crippen molar-refractivity contribution in [2.24, 2.45) is 5.73 Å². The minimum atomic E-state index is 0.152. The van der Waals surface area contributed by atoms with Gasteiger partial charge < -0.3 is 15.4 Å². The largest absolute Gasteiger partial charge is 0.378 e. The topological polar surface area (TPSA) is 55.6 Å². The maximum absolute atomic E-state index is 12.2. The van der Waals surface area contributed by atoms with Crippen molar-refractivity contribution >= 4 is 5.91 Å². The molecule has 2 rings (SSSR count). The van der Waals surface area contributed by atoms with Crippen LogP contribution in [0, 0.1) is 0 Å². The highest BCUT2D eigenvalue weighted by atomic mass is 16.5. The lowest BCUT2D eigenvalue weighted by Crippen LogP contribution is -2.43. The van der Waals surface area contributed by atoms with Gasteiger partial charge in [0.15, 0.2) is 0 Å². The monoisotopic (exact) mass is 254 g/mol. The fourth-order valence-electron chi connectivity index (χ4n) is 3.00. The first kappa shape index (κ1) is 13.8. The third kappa shape index (κ3) is 3.69. The van der Waals surface area contributed by atoms with Gasteiger partial charge in [-0.05, 0) is 44.9 Å². The summed E-state index contributed by atoms with van der Waals surface area (Å²) in [6.07, 6.45) is 8.27. The van der Waals surface area contributed by atoms with Gasteiger partial charge in [-0.25, -0.2) is 0 Å². The van der Waals surface area contributed by atoms with E-state index in [0.29, 0.717) is 18.5 Å². The lowest BCUT2D eigenvalue weighted by Gasteiger charge is -2.34. The van der Waals surface area contributed by atoms with Crippen LogP contribution in [-0.4, -0.2) is 42.6 Å². The maximum Gasteiger partial charge on any atom is 0.225 e. The Labute approximate surface area is 110 Å². The molecule has 2 fully saturated rings. The van der Waals surface area contributed by atoms with Crippen LogP contribution >= 0.6 is 0 Å². The van der Waals surface area contributed by atoms with E-state index in [4.69, 9.17) is 10.5 Å². The van der Waals surface area contributed by atoms with Crippen molar-refractivity contribution in [2.75, 3.05) is 13.7 Å². The molecule has 1 aliphatic carbocycles. The Morgan fingerprint density at radius 1 is 1.22 bits per heavy atom. The quantitative estimate of drug-likeness (QED) is 0.833. The van der Waals surface area contributed by atoms with Crippen LogP contribution < -0.4 is 5.73 Å². The summed E-state index contributed by atoms with van der Waals surface area (Å²) in [5.41, 5.74) is 5.90. The van der Waals surface area contributed by atoms with Crippen LogP contribution in [0.3, 0.4) is 0 Å². The van der Waals surface area contributed by atoms with E-state index < -0.39 is 0 Å². The predicted molar refractivity (Wildman–Crippen MR) is 71.2 cm³/mol. The van der Waals surface area contributed by atoms with Crippen LogP contribution in [0.15, 0.2) is 0 Å². The van der Waals surface area contributed by atoms with Gasteiger partial charge >= 0.3 is 0 Å². The zero-order valence-electron chi connectivity index (χ0n) is 11.4. The molecule has 1 amide bonds. The first-order chi connectivity index (χ1) is 8.66. The summed E-state index contributed by atoms with van der Waals surface area (Å²) in [5, 5.41) is 0. The lowest BCUT2D eigenvalue weighted by molar-refractivity contribution is -0.136. The van der Waals surface area contributed by atoms with Crippen LogP contribution in [0.4, 0.5) is 0 Å².